The monoisotopic (exact) mass is 326 g/mol. The van der Waals surface area contributed by atoms with E-state index >= 15 is 0 Å². The van der Waals surface area contributed by atoms with Crippen molar-refractivity contribution in [2.75, 3.05) is 0 Å². The quantitative estimate of drug-likeness (QED) is 0.637. The van der Waals surface area contributed by atoms with E-state index in [0.29, 0.717) is 11.3 Å². The number of benzene rings is 2. The molecule has 24 heavy (non-hydrogen) atoms. The highest BCUT2D eigenvalue weighted by Crippen LogP contribution is 2.27. The van der Waals surface area contributed by atoms with Gasteiger partial charge in [0.25, 0.3) is 5.56 Å². The summed E-state index contributed by atoms with van der Waals surface area (Å²) in [5.41, 5.74) is 0.409. The molecule has 3 aromatic rings. The molecule has 120 valence electrons. The summed E-state index contributed by atoms with van der Waals surface area (Å²) in [4.78, 5) is 23.0. The van der Waals surface area contributed by atoms with Gasteiger partial charge in [0.05, 0.1) is 11.3 Å². The zero-order valence-corrected chi connectivity index (χ0v) is 12.2. The van der Waals surface area contributed by atoms with Gasteiger partial charge in [0, 0.05) is 5.56 Å². The van der Waals surface area contributed by atoms with Crippen molar-refractivity contribution < 1.29 is 14.3 Å². The highest BCUT2D eigenvalue weighted by molar-refractivity contribution is 5.93. The number of aromatic amines is 2. The van der Waals surface area contributed by atoms with Gasteiger partial charge in [0.1, 0.15) is 11.5 Å². The number of aromatic nitrogens is 2. The largest absolute Gasteiger partial charge is 0.478 e. The summed E-state index contributed by atoms with van der Waals surface area (Å²) in [5.74, 6) is -1.55. The number of carboxylic acid groups (broad SMARTS) is 1. The number of hydrogen-bond donors (Lipinski definition) is 3. The van der Waals surface area contributed by atoms with E-state index in [1.165, 1.54) is 36.4 Å². The van der Waals surface area contributed by atoms with E-state index in [9.17, 15) is 14.0 Å². The zero-order valence-electron chi connectivity index (χ0n) is 12.2. The number of nitrogens with one attached hydrogen (secondary N) is 2. The molecule has 0 atom stereocenters. The lowest BCUT2D eigenvalue weighted by atomic mass is 10.1. The molecule has 0 bridgehead atoms. The van der Waals surface area contributed by atoms with Gasteiger partial charge in [-0.15, -0.1) is 10.2 Å². The van der Waals surface area contributed by atoms with Gasteiger partial charge in [-0.2, -0.15) is 0 Å². The Labute approximate surface area is 134 Å². The summed E-state index contributed by atoms with van der Waals surface area (Å²) in [6, 6.07) is 11.5. The van der Waals surface area contributed by atoms with E-state index in [4.69, 9.17) is 5.11 Å². The Kier molecular flexibility index (Phi) is 4.02. The second kappa shape index (κ2) is 6.29. The van der Waals surface area contributed by atoms with E-state index in [-0.39, 0.29) is 16.9 Å². The first kappa shape index (κ1) is 15.3. The number of H-pyrrole nitrogens is 2. The van der Waals surface area contributed by atoms with E-state index < -0.39 is 17.3 Å². The average Bonchev–Trinajstić information content (AvgIpc) is 2.94. The highest BCUT2D eigenvalue weighted by Gasteiger charge is 2.13. The summed E-state index contributed by atoms with van der Waals surface area (Å²) in [5, 5.41) is 21.9. The van der Waals surface area contributed by atoms with Crippen LogP contribution in [0.25, 0.3) is 11.3 Å². The van der Waals surface area contributed by atoms with Crippen LogP contribution in [0, 0.1) is 5.82 Å². The van der Waals surface area contributed by atoms with Crippen LogP contribution in [0.3, 0.4) is 0 Å². The van der Waals surface area contributed by atoms with Gasteiger partial charge in [-0.25, -0.2) is 9.18 Å². The zero-order chi connectivity index (χ0) is 17.1. The van der Waals surface area contributed by atoms with Crippen LogP contribution in [0.2, 0.25) is 0 Å². The molecule has 0 fully saturated rings. The molecule has 0 radical (unpaired) electrons. The van der Waals surface area contributed by atoms with Gasteiger partial charge in [0.15, 0.2) is 5.69 Å². The van der Waals surface area contributed by atoms with Gasteiger partial charge in [-0.1, -0.05) is 12.1 Å². The number of hydrogen-bond acceptors (Lipinski definition) is 4. The maximum Gasteiger partial charge on any atom is 0.337 e. The molecule has 0 unspecified atom stereocenters. The molecule has 0 saturated carbocycles. The van der Waals surface area contributed by atoms with Crippen LogP contribution < -0.4 is 5.56 Å². The van der Waals surface area contributed by atoms with Crippen LogP contribution in [-0.2, 0) is 0 Å². The predicted octanol–water partition coefficient (Wildman–Crippen LogP) is 3.62. The molecule has 0 aliphatic rings. The number of nitrogens with zero attached hydrogens (tertiary/aromatic N) is 2. The predicted molar refractivity (Wildman–Crippen MR) is 84.4 cm³/mol. The summed E-state index contributed by atoms with van der Waals surface area (Å²) < 4.78 is 13.0. The Hall–Kier alpha value is -3.55. The molecule has 8 heteroatoms. The minimum absolute atomic E-state index is 0.0261. The molecule has 3 N–H and O–H groups in total. The number of carbonyl (C=O) groups is 1. The fourth-order valence-corrected chi connectivity index (χ4v) is 2.12. The third-order valence-electron chi connectivity index (χ3n) is 3.28. The van der Waals surface area contributed by atoms with Gasteiger partial charge < -0.3 is 5.11 Å². The average molecular weight is 326 g/mol. The van der Waals surface area contributed by atoms with Crippen molar-refractivity contribution in [2.24, 2.45) is 10.2 Å². The molecular weight excluding hydrogens is 315 g/mol. The molecule has 1 heterocycles. The minimum Gasteiger partial charge on any atom is -0.478 e. The topological polar surface area (TPSA) is 111 Å². The van der Waals surface area contributed by atoms with Crippen LogP contribution in [-0.4, -0.2) is 21.3 Å². The molecule has 3 rings (SSSR count). The Balaban J connectivity index is 2.03. The first-order chi connectivity index (χ1) is 11.6. The molecule has 7 nitrogen and oxygen atoms in total. The van der Waals surface area contributed by atoms with E-state index in [2.05, 4.69) is 20.4 Å². The van der Waals surface area contributed by atoms with Crippen LogP contribution >= 0.6 is 0 Å². The normalized spacial score (nSPS) is 11.0. The number of halogens is 1. The fourth-order valence-electron chi connectivity index (χ4n) is 2.12. The maximum atomic E-state index is 13.0. The lowest BCUT2D eigenvalue weighted by Crippen LogP contribution is -1.97. The highest BCUT2D eigenvalue weighted by atomic mass is 19.1. The minimum atomic E-state index is -1.15. The fraction of sp³-hybridized carbons (Fsp3) is 0. The summed E-state index contributed by atoms with van der Waals surface area (Å²) in [6.45, 7) is 0. The molecule has 0 aliphatic carbocycles. The molecule has 0 aliphatic heterocycles. The maximum absolute atomic E-state index is 13.0. The lowest BCUT2D eigenvalue weighted by Gasteiger charge is -2.00. The Bertz CT molecular complexity index is 973. The third-order valence-corrected chi connectivity index (χ3v) is 3.28. The van der Waals surface area contributed by atoms with Crippen molar-refractivity contribution in [1.29, 1.82) is 0 Å². The molecule has 0 amide bonds. The van der Waals surface area contributed by atoms with Crippen molar-refractivity contribution >= 4 is 17.3 Å². The SMILES string of the molecule is O=C(O)c1ccccc1N=Nc1c(-c2ccc(F)cc2)[nH][nH]c1=O. The van der Waals surface area contributed by atoms with Crippen molar-refractivity contribution in [3.63, 3.8) is 0 Å². The van der Waals surface area contributed by atoms with Crippen molar-refractivity contribution in [1.82, 2.24) is 10.2 Å². The third kappa shape index (κ3) is 2.98. The number of azo groups is 1. The van der Waals surface area contributed by atoms with Gasteiger partial charge in [-0.3, -0.25) is 15.0 Å². The number of carboxylic acids is 1. The molecule has 1 aromatic heterocycles. The molecule has 0 saturated heterocycles. The van der Waals surface area contributed by atoms with E-state index in [1.807, 2.05) is 0 Å². The van der Waals surface area contributed by atoms with Crippen LogP contribution in [0.15, 0.2) is 63.6 Å². The van der Waals surface area contributed by atoms with Crippen LogP contribution in [0.4, 0.5) is 15.8 Å². The van der Waals surface area contributed by atoms with Crippen molar-refractivity contribution in [3.05, 3.63) is 70.3 Å². The summed E-state index contributed by atoms with van der Waals surface area (Å²) in [7, 11) is 0. The van der Waals surface area contributed by atoms with Gasteiger partial charge >= 0.3 is 5.97 Å². The summed E-state index contributed by atoms with van der Waals surface area (Å²) in [6.07, 6.45) is 0. The van der Waals surface area contributed by atoms with Gasteiger partial charge in [-0.05, 0) is 36.4 Å². The first-order valence-corrected chi connectivity index (χ1v) is 6.87. The van der Waals surface area contributed by atoms with E-state index in [1.54, 1.807) is 12.1 Å². The van der Waals surface area contributed by atoms with Crippen molar-refractivity contribution in [2.45, 2.75) is 0 Å². The number of aromatic carboxylic acids is 1. The summed E-state index contributed by atoms with van der Waals surface area (Å²) >= 11 is 0. The second-order valence-corrected chi connectivity index (χ2v) is 4.83. The smallest absolute Gasteiger partial charge is 0.337 e. The lowest BCUT2D eigenvalue weighted by molar-refractivity contribution is 0.0697. The Morgan fingerprint density at radius 1 is 1.00 bits per heavy atom. The van der Waals surface area contributed by atoms with Crippen LogP contribution in [0.5, 0.6) is 0 Å². The molecular formula is C16H11FN4O3. The van der Waals surface area contributed by atoms with Crippen molar-refractivity contribution in [3.8, 4) is 11.3 Å². The van der Waals surface area contributed by atoms with Crippen LogP contribution in [0.1, 0.15) is 10.4 Å². The van der Waals surface area contributed by atoms with Gasteiger partial charge in [0.2, 0.25) is 0 Å². The molecule has 0 spiro atoms. The van der Waals surface area contributed by atoms with E-state index in [0.717, 1.165) is 0 Å². The Morgan fingerprint density at radius 3 is 2.42 bits per heavy atom. The number of rotatable bonds is 4. The Morgan fingerprint density at radius 2 is 1.71 bits per heavy atom. The molecule has 2 aromatic carbocycles. The standard InChI is InChI=1S/C16H11FN4O3/c17-10-7-5-9(6-8-10)13-14(15(22)21-19-13)20-18-12-4-2-1-3-11(12)16(23)24/h1-8H,(H,23,24)(H2,19,21,22). The second-order valence-electron chi connectivity index (χ2n) is 4.83. The first-order valence-electron chi connectivity index (χ1n) is 6.87.